The minimum absolute atomic E-state index is 0. The molecule has 0 aromatic heterocycles. The van der Waals surface area contributed by atoms with E-state index in [1.54, 1.807) is 0 Å². The average Bonchev–Trinajstić information content (AvgIpc) is 1.90. The van der Waals surface area contributed by atoms with Crippen LogP contribution in [-0.2, 0) is 24.8 Å². The third kappa shape index (κ3) is 3.12. The molecule has 0 saturated heterocycles. The van der Waals surface area contributed by atoms with Gasteiger partial charge in [-0.3, -0.25) is 0 Å². The van der Waals surface area contributed by atoms with Gasteiger partial charge in [0.05, 0.1) is 0 Å². The van der Waals surface area contributed by atoms with E-state index in [0.717, 1.165) is 5.33 Å². The summed E-state index contributed by atoms with van der Waals surface area (Å²) in [4.78, 5) is 0. The molecule has 2 heteroatoms. The number of hydrogen-bond acceptors (Lipinski definition) is 0. The largest absolute Gasteiger partial charge is 0.0876 e. The van der Waals surface area contributed by atoms with Gasteiger partial charge in [0.15, 0.2) is 0 Å². The fourth-order valence-electron chi connectivity index (χ4n) is 0.567. The minimum Gasteiger partial charge on any atom is -0.0876 e. The Kier molecular flexibility index (Phi) is 5.32. The average molecular weight is 236 g/mol. The second kappa shape index (κ2) is 5.14. The van der Waals surface area contributed by atoms with Crippen molar-refractivity contribution in [1.29, 1.82) is 0 Å². The van der Waals surface area contributed by atoms with E-state index in [1.807, 2.05) is 18.2 Å². The molecule has 0 spiro atoms. The first kappa shape index (κ1) is 9.32. The molecular weight excluding hydrogens is 229 g/mol. The monoisotopic (exact) mass is 234 g/mol. The summed E-state index contributed by atoms with van der Waals surface area (Å²) in [6.07, 6.45) is 0. The van der Waals surface area contributed by atoms with Crippen molar-refractivity contribution >= 4 is 15.9 Å². The Labute approximate surface area is 76.5 Å². The minimum atomic E-state index is 0. The third-order valence-corrected chi connectivity index (χ3v) is 1.64. The van der Waals surface area contributed by atoms with Gasteiger partial charge in [0, 0.05) is 24.8 Å². The van der Waals surface area contributed by atoms with Crippen LogP contribution in [0.4, 0.5) is 0 Å². The molecule has 0 aliphatic carbocycles. The molecule has 0 N–H and O–H groups in total. The van der Waals surface area contributed by atoms with Gasteiger partial charge in [0.25, 0.3) is 0 Å². The summed E-state index contributed by atoms with van der Waals surface area (Å²) in [5.41, 5.74) is 1.33. The van der Waals surface area contributed by atoms with Gasteiger partial charge >= 0.3 is 0 Å². The molecule has 0 saturated carbocycles. The van der Waals surface area contributed by atoms with Crippen molar-refractivity contribution in [3.63, 3.8) is 0 Å². The van der Waals surface area contributed by atoms with Crippen LogP contribution in [-0.4, -0.2) is 0 Å². The summed E-state index contributed by atoms with van der Waals surface area (Å²) < 4.78 is 0. The molecule has 1 rings (SSSR count). The molecule has 0 radical (unpaired) electrons. The van der Waals surface area contributed by atoms with Crippen LogP contribution in [0.2, 0.25) is 0 Å². The molecule has 0 aliphatic rings. The summed E-state index contributed by atoms with van der Waals surface area (Å²) >= 11 is 3.36. The van der Waals surface area contributed by atoms with Crippen molar-refractivity contribution in [2.24, 2.45) is 0 Å². The molecule has 0 atom stereocenters. The van der Waals surface area contributed by atoms with E-state index < -0.39 is 0 Å². The van der Waals surface area contributed by atoms with Crippen LogP contribution in [0.1, 0.15) is 5.56 Å². The van der Waals surface area contributed by atoms with Gasteiger partial charge in [-0.05, 0) is 5.56 Å². The molecule has 0 nitrogen and oxygen atoms in total. The van der Waals surface area contributed by atoms with Crippen molar-refractivity contribution in [3.05, 3.63) is 35.9 Å². The molecule has 0 amide bonds. The first-order valence-corrected chi connectivity index (χ1v) is 3.65. The van der Waals surface area contributed by atoms with Crippen molar-refractivity contribution < 1.29 is 19.5 Å². The Hall–Kier alpha value is 0.323. The van der Waals surface area contributed by atoms with E-state index in [2.05, 4.69) is 28.1 Å². The zero-order chi connectivity index (χ0) is 5.82. The van der Waals surface area contributed by atoms with Crippen LogP contribution >= 0.6 is 15.9 Å². The molecular formula is C7H7BrZn. The maximum atomic E-state index is 3.36. The molecule has 0 aliphatic heterocycles. The topological polar surface area (TPSA) is 0 Å². The molecule has 1 aromatic rings. The molecule has 0 bridgehead atoms. The number of alkyl halides is 1. The molecule has 44 valence electrons. The Morgan fingerprint density at radius 3 is 2.00 bits per heavy atom. The first-order valence-electron chi connectivity index (χ1n) is 2.53. The molecule has 9 heavy (non-hydrogen) atoms. The van der Waals surface area contributed by atoms with Crippen molar-refractivity contribution in [2.75, 3.05) is 0 Å². The van der Waals surface area contributed by atoms with E-state index in [1.165, 1.54) is 5.56 Å². The Balaban J connectivity index is 0.000000640. The van der Waals surface area contributed by atoms with Gasteiger partial charge in [-0.15, -0.1) is 0 Å². The summed E-state index contributed by atoms with van der Waals surface area (Å²) in [7, 11) is 0. The summed E-state index contributed by atoms with van der Waals surface area (Å²) in [6, 6.07) is 10.3. The van der Waals surface area contributed by atoms with Crippen molar-refractivity contribution in [2.45, 2.75) is 5.33 Å². The van der Waals surface area contributed by atoms with Gasteiger partial charge in [-0.1, -0.05) is 46.3 Å². The Bertz CT molecular complexity index is 150. The maximum Gasteiger partial charge on any atom is 0.0283 e. The predicted octanol–water partition coefficient (Wildman–Crippen LogP) is 2.58. The summed E-state index contributed by atoms with van der Waals surface area (Å²) in [6.45, 7) is 0. The zero-order valence-corrected chi connectivity index (χ0v) is 9.73. The van der Waals surface area contributed by atoms with Crippen LogP contribution in [0.3, 0.4) is 0 Å². The molecule has 0 unspecified atom stereocenters. The number of hydrogen-bond donors (Lipinski definition) is 0. The second-order valence-electron chi connectivity index (χ2n) is 1.62. The van der Waals surface area contributed by atoms with Crippen LogP contribution in [0.15, 0.2) is 30.3 Å². The SMILES string of the molecule is BrCc1ccccc1.[Zn]. The summed E-state index contributed by atoms with van der Waals surface area (Å²) in [5.74, 6) is 0. The van der Waals surface area contributed by atoms with Crippen LogP contribution in [0, 0.1) is 0 Å². The standard InChI is InChI=1S/C7H7Br.Zn/c8-6-7-4-2-1-3-5-7;/h1-5H,6H2;. The fraction of sp³-hybridized carbons (Fsp3) is 0.143. The smallest absolute Gasteiger partial charge is 0.0283 e. The van der Waals surface area contributed by atoms with Crippen LogP contribution in [0.5, 0.6) is 0 Å². The normalized spacial score (nSPS) is 8.11. The quantitative estimate of drug-likeness (QED) is 0.519. The van der Waals surface area contributed by atoms with Gasteiger partial charge in [-0.2, -0.15) is 0 Å². The van der Waals surface area contributed by atoms with Gasteiger partial charge in [0.1, 0.15) is 0 Å². The first-order chi connectivity index (χ1) is 3.93. The Morgan fingerprint density at radius 2 is 1.67 bits per heavy atom. The van der Waals surface area contributed by atoms with E-state index >= 15 is 0 Å². The van der Waals surface area contributed by atoms with E-state index in [0.29, 0.717) is 0 Å². The summed E-state index contributed by atoms with van der Waals surface area (Å²) in [5, 5.41) is 0.952. The van der Waals surface area contributed by atoms with Gasteiger partial charge in [0.2, 0.25) is 0 Å². The number of benzene rings is 1. The van der Waals surface area contributed by atoms with Crippen LogP contribution in [0.25, 0.3) is 0 Å². The molecule has 0 heterocycles. The van der Waals surface area contributed by atoms with E-state index in [-0.39, 0.29) is 19.5 Å². The number of halogens is 1. The molecule has 1 aromatic carbocycles. The van der Waals surface area contributed by atoms with Gasteiger partial charge < -0.3 is 0 Å². The van der Waals surface area contributed by atoms with Crippen molar-refractivity contribution in [3.8, 4) is 0 Å². The third-order valence-electron chi connectivity index (χ3n) is 0.997. The Morgan fingerprint density at radius 1 is 1.11 bits per heavy atom. The van der Waals surface area contributed by atoms with Crippen LogP contribution < -0.4 is 0 Å². The maximum absolute atomic E-state index is 3.36. The van der Waals surface area contributed by atoms with Crippen molar-refractivity contribution in [1.82, 2.24) is 0 Å². The van der Waals surface area contributed by atoms with E-state index in [4.69, 9.17) is 0 Å². The number of rotatable bonds is 1. The van der Waals surface area contributed by atoms with E-state index in [9.17, 15) is 0 Å². The van der Waals surface area contributed by atoms with Gasteiger partial charge in [-0.25, -0.2) is 0 Å². The molecule has 0 fully saturated rings. The zero-order valence-electron chi connectivity index (χ0n) is 5.18. The second-order valence-corrected chi connectivity index (χ2v) is 2.18. The predicted molar refractivity (Wildman–Crippen MR) is 39.1 cm³/mol. The fourth-order valence-corrected chi connectivity index (χ4v) is 0.941.